The number of aromatic amines is 1. The summed E-state index contributed by atoms with van der Waals surface area (Å²) in [5.74, 6) is 1.47. The average molecular weight is 350 g/mol. The number of nitrogens with one attached hydrogen (secondary N) is 1. The van der Waals surface area contributed by atoms with Gasteiger partial charge in [0.05, 0.1) is 24.3 Å². The second kappa shape index (κ2) is 7.11. The molecule has 2 aromatic heterocycles. The Labute approximate surface area is 152 Å². The number of carbonyl (C=O) groups excluding carboxylic acids is 1. The molecule has 134 valence electrons. The number of aromatic nitrogens is 5. The molecule has 1 fully saturated rings. The lowest BCUT2D eigenvalue weighted by molar-refractivity contribution is 0.0600. The first-order chi connectivity index (χ1) is 12.7. The minimum Gasteiger partial charge on any atom is -0.328 e. The Morgan fingerprint density at radius 1 is 1.27 bits per heavy atom. The monoisotopic (exact) mass is 350 g/mol. The van der Waals surface area contributed by atoms with Gasteiger partial charge in [-0.15, -0.1) is 0 Å². The van der Waals surface area contributed by atoms with Crippen LogP contribution in [0.15, 0.2) is 42.7 Å². The van der Waals surface area contributed by atoms with Crippen molar-refractivity contribution in [1.82, 2.24) is 29.9 Å². The average Bonchev–Trinajstić information content (AvgIpc) is 3.31. The van der Waals surface area contributed by atoms with Crippen LogP contribution in [0.25, 0.3) is 0 Å². The van der Waals surface area contributed by atoms with E-state index in [1.54, 1.807) is 10.9 Å². The molecule has 0 radical (unpaired) electrons. The van der Waals surface area contributed by atoms with E-state index >= 15 is 0 Å². The lowest BCUT2D eigenvalue weighted by Gasteiger charge is -2.33. The number of hydrogen-bond donors (Lipinski definition) is 1. The Hall–Kier alpha value is -2.96. The zero-order chi connectivity index (χ0) is 17.9. The quantitative estimate of drug-likeness (QED) is 0.784. The molecule has 3 aromatic rings. The molecule has 7 heteroatoms. The molecule has 1 aromatic carbocycles. The first-order valence-electron chi connectivity index (χ1n) is 8.97. The van der Waals surface area contributed by atoms with E-state index in [-0.39, 0.29) is 11.9 Å². The Morgan fingerprint density at radius 3 is 2.88 bits per heavy atom. The maximum Gasteiger partial charge on any atom is 0.257 e. The molecular weight excluding hydrogens is 328 g/mol. The van der Waals surface area contributed by atoms with E-state index in [2.05, 4.69) is 32.4 Å². The summed E-state index contributed by atoms with van der Waals surface area (Å²) < 4.78 is 1.80. The van der Waals surface area contributed by atoms with E-state index in [0.717, 1.165) is 37.2 Å². The lowest BCUT2D eigenvalue weighted by atomic mass is 10.0. The highest BCUT2D eigenvalue weighted by Gasteiger charge is 2.31. The number of hydrogen-bond acceptors (Lipinski definition) is 4. The first kappa shape index (κ1) is 16.5. The van der Waals surface area contributed by atoms with E-state index in [0.29, 0.717) is 17.9 Å². The maximum atomic E-state index is 13.1. The van der Waals surface area contributed by atoms with E-state index in [1.165, 1.54) is 0 Å². The van der Waals surface area contributed by atoms with Crippen molar-refractivity contribution in [3.05, 3.63) is 65.5 Å². The van der Waals surface area contributed by atoms with Crippen molar-refractivity contribution >= 4 is 5.91 Å². The molecule has 0 aliphatic carbocycles. The minimum atomic E-state index is -0.0707. The SMILES string of the molecule is Cc1nc(C2CCCCN2C(=O)c2cnn(Cc3ccccc3)c2)n[nH]1. The van der Waals surface area contributed by atoms with Gasteiger partial charge in [-0.05, 0) is 31.7 Å². The molecule has 0 spiro atoms. The predicted octanol–water partition coefficient (Wildman–Crippen LogP) is 2.73. The highest BCUT2D eigenvalue weighted by Crippen LogP contribution is 2.30. The van der Waals surface area contributed by atoms with Crippen LogP contribution in [-0.4, -0.2) is 42.3 Å². The number of carbonyl (C=O) groups is 1. The molecular formula is C19H22N6O. The summed E-state index contributed by atoms with van der Waals surface area (Å²) in [7, 11) is 0. The number of H-pyrrole nitrogens is 1. The molecule has 4 rings (SSSR count). The Bertz CT molecular complexity index is 884. The van der Waals surface area contributed by atoms with E-state index in [9.17, 15) is 4.79 Å². The molecule has 0 saturated carbocycles. The minimum absolute atomic E-state index is 0.00327. The number of amides is 1. The lowest BCUT2D eigenvalue weighted by Crippen LogP contribution is -2.38. The number of nitrogens with zero attached hydrogens (tertiary/aromatic N) is 5. The Morgan fingerprint density at radius 2 is 2.12 bits per heavy atom. The molecule has 1 aliphatic heterocycles. The molecule has 1 unspecified atom stereocenters. The molecule has 1 aliphatic rings. The van der Waals surface area contributed by atoms with Crippen molar-refractivity contribution in [3.63, 3.8) is 0 Å². The van der Waals surface area contributed by atoms with Crippen molar-refractivity contribution in [3.8, 4) is 0 Å². The molecule has 26 heavy (non-hydrogen) atoms. The van der Waals surface area contributed by atoms with Crippen molar-refractivity contribution in [2.75, 3.05) is 6.54 Å². The van der Waals surface area contributed by atoms with Crippen LogP contribution in [0, 0.1) is 6.92 Å². The normalized spacial score (nSPS) is 17.4. The fraction of sp³-hybridized carbons (Fsp3) is 0.368. The fourth-order valence-electron chi connectivity index (χ4n) is 3.45. The van der Waals surface area contributed by atoms with Gasteiger partial charge in [-0.2, -0.15) is 10.2 Å². The van der Waals surface area contributed by atoms with Gasteiger partial charge < -0.3 is 4.90 Å². The van der Waals surface area contributed by atoms with Crippen LogP contribution in [0.5, 0.6) is 0 Å². The topological polar surface area (TPSA) is 79.7 Å². The third-order valence-electron chi connectivity index (χ3n) is 4.74. The maximum absolute atomic E-state index is 13.1. The fourth-order valence-corrected chi connectivity index (χ4v) is 3.45. The van der Waals surface area contributed by atoms with Gasteiger partial charge in [-0.25, -0.2) is 4.98 Å². The van der Waals surface area contributed by atoms with E-state index in [1.807, 2.05) is 36.2 Å². The van der Waals surface area contributed by atoms with Crippen LogP contribution in [0.3, 0.4) is 0 Å². The van der Waals surface area contributed by atoms with Crippen LogP contribution in [0.4, 0.5) is 0 Å². The van der Waals surface area contributed by atoms with Crippen molar-refractivity contribution < 1.29 is 4.79 Å². The first-order valence-corrected chi connectivity index (χ1v) is 8.97. The number of aryl methyl sites for hydroxylation is 1. The summed E-state index contributed by atoms with van der Waals surface area (Å²) in [5, 5.41) is 11.5. The Kier molecular flexibility index (Phi) is 4.51. The van der Waals surface area contributed by atoms with Crippen LogP contribution >= 0.6 is 0 Å². The number of rotatable bonds is 4. The zero-order valence-electron chi connectivity index (χ0n) is 14.8. The largest absolute Gasteiger partial charge is 0.328 e. The molecule has 1 amide bonds. The van der Waals surface area contributed by atoms with Gasteiger partial charge in [0.2, 0.25) is 0 Å². The van der Waals surface area contributed by atoms with Crippen LogP contribution in [0.1, 0.15) is 52.9 Å². The third-order valence-corrected chi connectivity index (χ3v) is 4.74. The van der Waals surface area contributed by atoms with Crippen molar-refractivity contribution in [1.29, 1.82) is 0 Å². The highest BCUT2D eigenvalue weighted by atomic mass is 16.2. The second-order valence-corrected chi connectivity index (χ2v) is 6.70. The van der Waals surface area contributed by atoms with Crippen molar-refractivity contribution in [2.24, 2.45) is 0 Å². The second-order valence-electron chi connectivity index (χ2n) is 6.70. The highest BCUT2D eigenvalue weighted by molar-refractivity contribution is 5.94. The van der Waals surface area contributed by atoms with Gasteiger partial charge in [0.25, 0.3) is 5.91 Å². The summed E-state index contributed by atoms with van der Waals surface area (Å²) in [6, 6.07) is 10.0. The molecule has 1 N–H and O–H groups in total. The van der Waals surface area contributed by atoms with Gasteiger partial charge >= 0.3 is 0 Å². The summed E-state index contributed by atoms with van der Waals surface area (Å²) in [4.78, 5) is 19.4. The summed E-state index contributed by atoms with van der Waals surface area (Å²) in [6.45, 7) is 3.25. The number of benzene rings is 1. The van der Waals surface area contributed by atoms with E-state index in [4.69, 9.17) is 0 Å². The molecule has 1 atom stereocenters. The molecule has 1 saturated heterocycles. The summed E-state index contributed by atoms with van der Waals surface area (Å²) in [5.41, 5.74) is 1.77. The van der Waals surface area contributed by atoms with Crippen LogP contribution < -0.4 is 0 Å². The number of piperidine rings is 1. The van der Waals surface area contributed by atoms with Gasteiger partial charge in [-0.3, -0.25) is 14.6 Å². The van der Waals surface area contributed by atoms with Gasteiger partial charge in [0, 0.05) is 12.7 Å². The standard InChI is InChI=1S/C19H22N6O/c1-14-21-18(23-22-14)17-9-5-6-10-25(17)19(26)16-11-20-24(13-16)12-15-7-3-2-4-8-15/h2-4,7-8,11,13,17H,5-6,9-10,12H2,1H3,(H,21,22,23). The van der Waals surface area contributed by atoms with Crippen LogP contribution in [-0.2, 0) is 6.54 Å². The summed E-state index contributed by atoms with van der Waals surface area (Å²) >= 11 is 0. The molecule has 3 heterocycles. The molecule has 7 nitrogen and oxygen atoms in total. The van der Waals surface area contributed by atoms with Gasteiger partial charge in [0.1, 0.15) is 5.82 Å². The third kappa shape index (κ3) is 3.37. The Balaban J connectivity index is 1.52. The van der Waals surface area contributed by atoms with Crippen LogP contribution in [0.2, 0.25) is 0 Å². The zero-order valence-corrected chi connectivity index (χ0v) is 14.8. The van der Waals surface area contributed by atoms with E-state index < -0.39 is 0 Å². The summed E-state index contributed by atoms with van der Waals surface area (Å²) in [6.07, 6.45) is 6.45. The predicted molar refractivity (Wildman–Crippen MR) is 96.5 cm³/mol. The van der Waals surface area contributed by atoms with Gasteiger partial charge in [0.15, 0.2) is 5.82 Å². The number of likely N-dealkylation sites (tertiary alicyclic amines) is 1. The molecule has 0 bridgehead atoms. The van der Waals surface area contributed by atoms with Gasteiger partial charge in [-0.1, -0.05) is 30.3 Å². The smallest absolute Gasteiger partial charge is 0.257 e. The van der Waals surface area contributed by atoms with Crippen molar-refractivity contribution in [2.45, 2.75) is 38.8 Å².